The number of carbonyl (C=O) groups is 1. The highest BCUT2D eigenvalue weighted by molar-refractivity contribution is 6.30. The summed E-state index contributed by atoms with van der Waals surface area (Å²) in [5.41, 5.74) is 6.37. The van der Waals surface area contributed by atoms with E-state index in [0.717, 1.165) is 5.56 Å². The van der Waals surface area contributed by atoms with Gasteiger partial charge >= 0.3 is 5.97 Å². The van der Waals surface area contributed by atoms with Crippen LogP contribution in [-0.4, -0.2) is 19.1 Å². The van der Waals surface area contributed by atoms with Crippen molar-refractivity contribution in [1.82, 2.24) is 0 Å². The Kier molecular flexibility index (Phi) is 4.97. The Morgan fingerprint density at radius 2 is 2.00 bits per heavy atom. The van der Waals surface area contributed by atoms with Crippen molar-refractivity contribution in [3.8, 4) is 0 Å². The van der Waals surface area contributed by atoms with E-state index >= 15 is 0 Å². The number of carbonyl (C=O) groups excluding carboxylic acids is 1. The Labute approximate surface area is 107 Å². The van der Waals surface area contributed by atoms with Gasteiger partial charge in [0.25, 0.3) is 0 Å². The maximum atomic E-state index is 11.6. The van der Waals surface area contributed by atoms with Crippen LogP contribution in [0.25, 0.3) is 0 Å². The second-order valence-electron chi connectivity index (χ2n) is 4.25. The first-order valence-electron chi connectivity index (χ1n) is 5.63. The molecule has 2 N–H and O–H groups in total. The first-order chi connectivity index (χ1) is 8.01. The van der Waals surface area contributed by atoms with Gasteiger partial charge in [0.05, 0.1) is 13.0 Å². The summed E-state index contributed by atoms with van der Waals surface area (Å²) in [4.78, 5) is 11.6. The molecule has 0 aromatic heterocycles. The number of hydrogen-bond donors (Lipinski definition) is 1. The Morgan fingerprint density at radius 3 is 2.47 bits per heavy atom. The zero-order valence-corrected chi connectivity index (χ0v) is 11.0. The molecule has 1 aromatic rings. The van der Waals surface area contributed by atoms with Gasteiger partial charge in [0.15, 0.2) is 0 Å². The van der Waals surface area contributed by atoms with Crippen LogP contribution < -0.4 is 5.73 Å². The summed E-state index contributed by atoms with van der Waals surface area (Å²) in [6.07, 6.45) is 0.277. The molecule has 4 heteroatoms. The zero-order chi connectivity index (χ0) is 12.9. The molecule has 17 heavy (non-hydrogen) atoms. The van der Waals surface area contributed by atoms with Crippen LogP contribution in [0.2, 0.25) is 5.02 Å². The second kappa shape index (κ2) is 6.03. The molecule has 0 heterocycles. The van der Waals surface area contributed by atoms with Gasteiger partial charge in [-0.1, -0.05) is 30.7 Å². The van der Waals surface area contributed by atoms with Gasteiger partial charge in [0.2, 0.25) is 0 Å². The molecule has 0 aliphatic rings. The molecule has 0 amide bonds. The number of rotatable bonds is 5. The van der Waals surface area contributed by atoms with Gasteiger partial charge in [0, 0.05) is 17.0 Å². The molecular formula is C13H18ClNO2. The summed E-state index contributed by atoms with van der Waals surface area (Å²) in [5, 5.41) is 0.671. The molecule has 1 aromatic carbocycles. The van der Waals surface area contributed by atoms with Crippen molar-refractivity contribution in [3.05, 3.63) is 34.9 Å². The third kappa shape index (κ3) is 3.72. The molecule has 0 saturated heterocycles. The third-order valence-electron chi connectivity index (χ3n) is 2.83. The van der Waals surface area contributed by atoms with Crippen LogP contribution in [0, 0.1) is 0 Å². The van der Waals surface area contributed by atoms with E-state index in [0.29, 0.717) is 18.2 Å². The van der Waals surface area contributed by atoms with Crippen LogP contribution in [0.5, 0.6) is 0 Å². The highest BCUT2D eigenvalue weighted by Crippen LogP contribution is 2.28. The minimum atomic E-state index is -0.406. The summed E-state index contributed by atoms with van der Waals surface area (Å²) < 4.78 is 4.96. The fourth-order valence-electron chi connectivity index (χ4n) is 1.67. The average molecular weight is 256 g/mol. The highest BCUT2D eigenvalue weighted by atomic mass is 35.5. The number of nitrogens with two attached hydrogens (primary N) is 1. The van der Waals surface area contributed by atoms with Crippen molar-refractivity contribution in [2.24, 2.45) is 5.73 Å². The quantitative estimate of drug-likeness (QED) is 0.823. The second-order valence-corrected chi connectivity index (χ2v) is 4.69. The average Bonchev–Trinajstić information content (AvgIpc) is 2.30. The van der Waals surface area contributed by atoms with E-state index in [4.69, 9.17) is 22.1 Å². The molecule has 0 saturated carbocycles. The lowest BCUT2D eigenvalue weighted by atomic mass is 9.79. The number of halogens is 1. The molecule has 0 fully saturated rings. The standard InChI is InChI=1S/C13H18ClNO2/c1-3-17-12(16)8-13(2,9-15)10-4-6-11(14)7-5-10/h4-7H,3,8-9,15H2,1-2H3. The number of esters is 1. The van der Waals surface area contributed by atoms with E-state index in [-0.39, 0.29) is 12.4 Å². The lowest BCUT2D eigenvalue weighted by Crippen LogP contribution is -2.34. The minimum absolute atomic E-state index is 0.226. The Morgan fingerprint density at radius 1 is 1.41 bits per heavy atom. The van der Waals surface area contributed by atoms with Gasteiger partial charge in [-0.05, 0) is 24.6 Å². The van der Waals surface area contributed by atoms with Crippen LogP contribution in [0.1, 0.15) is 25.8 Å². The maximum Gasteiger partial charge on any atom is 0.306 e. The Hall–Kier alpha value is -1.06. The minimum Gasteiger partial charge on any atom is -0.466 e. The fraction of sp³-hybridized carbons (Fsp3) is 0.462. The highest BCUT2D eigenvalue weighted by Gasteiger charge is 2.28. The smallest absolute Gasteiger partial charge is 0.306 e. The van der Waals surface area contributed by atoms with E-state index in [9.17, 15) is 4.79 Å². The lowest BCUT2D eigenvalue weighted by molar-refractivity contribution is -0.144. The van der Waals surface area contributed by atoms with Crippen molar-refractivity contribution in [2.45, 2.75) is 25.7 Å². The molecule has 3 nitrogen and oxygen atoms in total. The van der Waals surface area contributed by atoms with Gasteiger partial charge in [0.1, 0.15) is 0 Å². The summed E-state index contributed by atoms with van der Waals surface area (Å²) in [5.74, 6) is -0.226. The topological polar surface area (TPSA) is 52.3 Å². The number of benzene rings is 1. The Balaban J connectivity index is 2.87. The predicted octanol–water partition coefficient (Wildman–Crippen LogP) is 2.51. The van der Waals surface area contributed by atoms with Crippen LogP contribution in [0.3, 0.4) is 0 Å². The van der Waals surface area contributed by atoms with Crippen molar-refractivity contribution in [2.75, 3.05) is 13.2 Å². The van der Waals surface area contributed by atoms with E-state index in [2.05, 4.69) is 0 Å². The molecule has 0 radical (unpaired) electrons. The van der Waals surface area contributed by atoms with E-state index in [1.54, 1.807) is 19.1 Å². The summed E-state index contributed by atoms with van der Waals surface area (Å²) in [6, 6.07) is 7.40. The molecule has 0 aliphatic heterocycles. The van der Waals surface area contributed by atoms with Crippen molar-refractivity contribution < 1.29 is 9.53 Å². The lowest BCUT2D eigenvalue weighted by Gasteiger charge is -2.27. The number of hydrogen-bond acceptors (Lipinski definition) is 3. The van der Waals surface area contributed by atoms with E-state index in [1.165, 1.54) is 0 Å². The molecule has 1 atom stereocenters. The van der Waals surface area contributed by atoms with Crippen molar-refractivity contribution >= 4 is 17.6 Å². The van der Waals surface area contributed by atoms with Gasteiger partial charge in [-0.3, -0.25) is 4.79 Å². The fourth-order valence-corrected chi connectivity index (χ4v) is 1.80. The van der Waals surface area contributed by atoms with Crippen LogP contribution in [-0.2, 0) is 14.9 Å². The zero-order valence-electron chi connectivity index (χ0n) is 10.2. The molecule has 0 aliphatic carbocycles. The van der Waals surface area contributed by atoms with Crippen molar-refractivity contribution in [3.63, 3.8) is 0 Å². The molecule has 94 valence electrons. The van der Waals surface area contributed by atoms with Gasteiger partial charge < -0.3 is 10.5 Å². The van der Waals surface area contributed by atoms with Crippen molar-refractivity contribution in [1.29, 1.82) is 0 Å². The molecular weight excluding hydrogens is 238 g/mol. The summed E-state index contributed by atoms with van der Waals surface area (Å²) >= 11 is 5.84. The monoisotopic (exact) mass is 255 g/mol. The van der Waals surface area contributed by atoms with E-state index in [1.807, 2.05) is 19.1 Å². The van der Waals surface area contributed by atoms with Gasteiger partial charge in [-0.25, -0.2) is 0 Å². The van der Waals surface area contributed by atoms with Gasteiger partial charge in [-0.2, -0.15) is 0 Å². The SMILES string of the molecule is CCOC(=O)CC(C)(CN)c1ccc(Cl)cc1. The van der Waals surface area contributed by atoms with E-state index < -0.39 is 5.41 Å². The third-order valence-corrected chi connectivity index (χ3v) is 3.08. The van der Waals surface area contributed by atoms with Gasteiger partial charge in [-0.15, -0.1) is 0 Å². The van der Waals surface area contributed by atoms with Crippen LogP contribution in [0.15, 0.2) is 24.3 Å². The normalized spacial score (nSPS) is 14.1. The van der Waals surface area contributed by atoms with Crippen LogP contribution in [0.4, 0.5) is 0 Å². The first kappa shape index (κ1) is 14.0. The predicted molar refractivity (Wildman–Crippen MR) is 69.1 cm³/mol. The summed E-state index contributed by atoms with van der Waals surface area (Å²) in [6.45, 7) is 4.51. The molecule has 0 bridgehead atoms. The molecule has 1 rings (SSSR count). The largest absolute Gasteiger partial charge is 0.466 e. The van der Waals surface area contributed by atoms with Crippen LogP contribution >= 0.6 is 11.6 Å². The Bertz CT molecular complexity index is 378. The first-order valence-corrected chi connectivity index (χ1v) is 6.01. The number of ether oxygens (including phenoxy) is 1. The molecule has 1 unspecified atom stereocenters. The molecule has 0 spiro atoms. The summed E-state index contributed by atoms with van der Waals surface area (Å²) in [7, 11) is 0. The maximum absolute atomic E-state index is 11.6.